The van der Waals surface area contributed by atoms with Crippen molar-refractivity contribution < 1.29 is 4.79 Å². The summed E-state index contributed by atoms with van der Waals surface area (Å²) in [5.41, 5.74) is 0. The second-order valence-electron chi connectivity index (χ2n) is 4.66. The zero-order valence-corrected chi connectivity index (χ0v) is 10.4. The molecule has 3 atom stereocenters. The number of hydrogen-bond acceptors (Lipinski definition) is 2. The van der Waals surface area contributed by atoms with Gasteiger partial charge in [0.15, 0.2) is 0 Å². The molecule has 0 aromatic carbocycles. The Hall–Kier alpha value is 0.0200. The van der Waals surface area contributed by atoms with Crippen LogP contribution in [0.2, 0.25) is 0 Å². The largest absolute Gasteiger partial charge is 0.300 e. The van der Waals surface area contributed by atoms with Crippen LogP contribution in [-0.2, 0) is 4.79 Å². The molecule has 1 aliphatic heterocycles. The van der Waals surface area contributed by atoms with Crippen LogP contribution in [0.4, 0.5) is 0 Å². The van der Waals surface area contributed by atoms with Crippen LogP contribution in [0.5, 0.6) is 0 Å². The molecule has 0 aliphatic carbocycles. The summed E-state index contributed by atoms with van der Waals surface area (Å²) in [4.78, 5) is 10.8. The highest BCUT2D eigenvalue weighted by Gasteiger charge is 2.29. The molecule has 0 saturated carbocycles. The molecule has 1 heterocycles. The highest BCUT2D eigenvalue weighted by atomic mass is 32.2. The molecule has 1 unspecified atom stereocenters. The lowest BCUT2D eigenvalue weighted by atomic mass is 9.92. The SMILES string of the molecule is CC(=O)CCCC[C@@H]1SCC(C)[C@@H]1C. The summed E-state index contributed by atoms with van der Waals surface area (Å²) in [6.45, 7) is 6.42. The molecule has 1 nitrogen and oxygen atoms in total. The zero-order chi connectivity index (χ0) is 10.6. The van der Waals surface area contributed by atoms with Crippen molar-refractivity contribution in [2.45, 2.75) is 51.7 Å². The molecule has 0 radical (unpaired) electrons. The second-order valence-corrected chi connectivity index (χ2v) is 5.93. The van der Waals surface area contributed by atoms with Crippen LogP contribution in [0.15, 0.2) is 0 Å². The number of hydrogen-bond donors (Lipinski definition) is 0. The van der Waals surface area contributed by atoms with Gasteiger partial charge in [0.25, 0.3) is 0 Å². The fourth-order valence-corrected chi connectivity index (χ4v) is 3.77. The molecule has 0 spiro atoms. The molecule has 1 saturated heterocycles. The molecule has 1 rings (SSSR count). The molecule has 2 heteroatoms. The third-order valence-electron chi connectivity index (χ3n) is 3.32. The third-order valence-corrected chi connectivity index (χ3v) is 5.14. The van der Waals surface area contributed by atoms with E-state index in [1.165, 1.54) is 18.6 Å². The van der Waals surface area contributed by atoms with Gasteiger partial charge in [-0.15, -0.1) is 0 Å². The molecule has 1 aliphatic rings. The van der Waals surface area contributed by atoms with Gasteiger partial charge < -0.3 is 4.79 Å². The van der Waals surface area contributed by atoms with E-state index in [2.05, 4.69) is 25.6 Å². The predicted molar refractivity (Wildman–Crippen MR) is 63.7 cm³/mol. The van der Waals surface area contributed by atoms with Gasteiger partial charge in [0.05, 0.1) is 0 Å². The first-order valence-electron chi connectivity index (χ1n) is 5.72. The highest BCUT2D eigenvalue weighted by molar-refractivity contribution is 8.00. The molecule has 0 bridgehead atoms. The van der Waals surface area contributed by atoms with Gasteiger partial charge in [-0.1, -0.05) is 20.3 Å². The number of Topliss-reactive ketones (excluding diaryl/α,β-unsaturated/α-hetero) is 1. The maximum absolute atomic E-state index is 10.8. The molecule has 1 fully saturated rings. The van der Waals surface area contributed by atoms with Crippen molar-refractivity contribution >= 4 is 17.5 Å². The van der Waals surface area contributed by atoms with E-state index in [1.807, 2.05) is 0 Å². The van der Waals surface area contributed by atoms with Crippen LogP contribution in [0.25, 0.3) is 0 Å². The minimum absolute atomic E-state index is 0.338. The van der Waals surface area contributed by atoms with Crippen LogP contribution in [0.1, 0.15) is 46.5 Å². The summed E-state index contributed by atoms with van der Waals surface area (Å²) in [5.74, 6) is 3.43. The van der Waals surface area contributed by atoms with Crippen molar-refractivity contribution in [3.05, 3.63) is 0 Å². The van der Waals surface area contributed by atoms with E-state index in [0.717, 1.165) is 29.9 Å². The summed E-state index contributed by atoms with van der Waals surface area (Å²) in [6, 6.07) is 0. The van der Waals surface area contributed by atoms with Crippen molar-refractivity contribution in [2.75, 3.05) is 5.75 Å². The van der Waals surface area contributed by atoms with E-state index in [1.54, 1.807) is 6.92 Å². The Morgan fingerprint density at radius 1 is 1.36 bits per heavy atom. The first-order valence-corrected chi connectivity index (χ1v) is 6.77. The van der Waals surface area contributed by atoms with E-state index in [4.69, 9.17) is 0 Å². The highest BCUT2D eigenvalue weighted by Crippen LogP contribution is 2.39. The fraction of sp³-hybridized carbons (Fsp3) is 0.917. The molecule has 0 N–H and O–H groups in total. The van der Waals surface area contributed by atoms with Crippen LogP contribution in [0.3, 0.4) is 0 Å². The molecular weight excluding hydrogens is 192 g/mol. The van der Waals surface area contributed by atoms with Gasteiger partial charge >= 0.3 is 0 Å². The van der Waals surface area contributed by atoms with E-state index < -0.39 is 0 Å². The summed E-state index contributed by atoms with van der Waals surface area (Å²) in [7, 11) is 0. The zero-order valence-electron chi connectivity index (χ0n) is 9.58. The van der Waals surface area contributed by atoms with E-state index in [9.17, 15) is 4.79 Å². The van der Waals surface area contributed by atoms with Gasteiger partial charge in [0, 0.05) is 11.7 Å². The number of ketones is 1. The Morgan fingerprint density at radius 3 is 2.57 bits per heavy atom. The van der Waals surface area contributed by atoms with Gasteiger partial charge in [0.1, 0.15) is 5.78 Å². The average molecular weight is 214 g/mol. The predicted octanol–water partition coefficient (Wildman–Crippen LogP) is 3.52. The van der Waals surface area contributed by atoms with Crippen molar-refractivity contribution in [1.29, 1.82) is 0 Å². The van der Waals surface area contributed by atoms with Crippen LogP contribution in [-0.4, -0.2) is 16.8 Å². The normalized spacial score (nSPS) is 32.1. The smallest absolute Gasteiger partial charge is 0.129 e. The van der Waals surface area contributed by atoms with E-state index in [-0.39, 0.29) is 0 Å². The van der Waals surface area contributed by atoms with Gasteiger partial charge in [-0.2, -0.15) is 11.8 Å². The van der Waals surface area contributed by atoms with Crippen molar-refractivity contribution in [1.82, 2.24) is 0 Å². The molecule has 0 aromatic heterocycles. The van der Waals surface area contributed by atoms with Gasteiger partial charge in [-0.05, 0) is 37.4 Å². The summed E-state index contributed by atoms with van der Waals surface area (Å²) < 4.78 is 0. The maximum atomic E-state index is 10.8. The lowest BCUT2D eigenvalue weighted by Gasteiger charge is -2.16. The maximum Gasteiger partial charge on any atom is 0.129 e. The third kappa shape index (κ3) is 3.64. The number of rotatable bonds is 5. The Morgan fingerprint density at radius 2 is 2.07 bits per heavy atom. The van der Waals surface area contributed by atoms with Gasteiger partial charge in [0.2, 0.25) is 0 Å². The van der Waals surface area contributed by atoms with E-state index in [0.29, 0.717) is 5.78 Å². The Labute approximate surface area is 92.0 Å². The summed E-state index contributed by atoms with van der Waals surface area (Å²) >= 11 is 2.13. The van der Waals surface area contributed by atoms with Crippen molar-refractivity contribution in [2.24, 2.45) is 11.8 Å². The molecule has 82 valence electrons. The van der Waals surface area contributed by atoms with Crippen molar-refractivity contribution in [3.8, 4) is 0 Å². The second kappa shape index (κ2) is 5.79. The number of thioether (sulfide) groups is 1. The Balaban J connectivity index is 2.10. The number of unbranched alkanes of at least 4 members (excludes halogenated alkanes) is 1. The minimum Gasteiger partial charge on any atom is -0.300 e. The lowest BCUT2D eigenvalue weighted by molar-refractivity contribution is -0.117. The summed E-state index contributed by atoms with van der Waals surface area (Å²) in [5, 5.41) is 0.858. The van der Waals surface area contributed by atoms with Gasteiger partial charge in [-0.25, -0.2) is 0 Å². The van der Waals surface area contributed by atoms with Crippen LogP contribution in [0, 0.1) is 11.8 Å². The Bertz CT molecular complexity index is 191. The monoisotopic (exact) mass is 214 g/mol. The molecule has 14 heavy (non-hydrogen) atoms. The van der Waals surface area contributed by atoms with Gasteiger partial charge in [-0.3, -0.25) is 0 Å². The quantitative estimate of drug-likeness (QED) is 0.651. The van der Waals surface area contributed by atoms with E-state index >= 15 is 0 Å². The number of carbonyl (C=O) groups excluding carboxylic acids is 1. The first kappa shape index (κ1) is 12.1. The van der Waals surface area contributed by atoms with Crippen molar-refractivity contribution in [3.63, 3.8) is 0 Å². The standard InChI is InChI=1S/C12H22OS/c1-9-8-14-12(11(9)3)7-5-4-6-10(2)13/h9,11-12H,4-8H2,1-3H3/t9?,11-,12-/m0/s1. The fourth-order valence-electron chi connectivity index (χ4n) is 2.01. The first-order chi connectivity index (χ1) is 6.61. The average Bonchev–Trinajstić information content (AvgIpc) is 2.43. The van der Waals surface area contributed by atoms with Crippen LogP contribution < -0.4 is 0 Å². The van der Waals surface area contributed by atoms with Crippen LogP contribution >= 0.6 is 11.8 Å². The minimum atomic E-state index is 0.338. The number of carbonyl (C=O) groups is 1. The Kier molecular flexibility index (Phi) is 5.00. The summed E-state index contributed by atoms with van der Waals surface area (Å²) in [6.07, 6.45) is 4.41. The lowest BCUT2D eigenvalue weighted by Crippen LogP contribution is -2.13. The topological polar surface area (TPSA) is 17.1 Å². The molecular formula is C12H22OS. The molecule has 0 amide bonds. The molecule has 0 aromatic rings.